The van der Waals surface area contributed by atoms with Gasteiger partial charge in [-0.1, -0.05) is 18.2 Å². The second-order valence-electron chi connectivity index (χ2n) is 7.71. The highest BCUT2D eigenvalue weighted by molar-refractivity contribution is 6.45. The van der Waals surface area contributed by atoms with Crippen LogP contribution in [0.3, 0.4) is 0 Å². The van der Waals surface area contributed by atoms with Gasteiger partial charge in [0, 0.05) is 37.9 Å². The second-order valence-corrected chi connectivity index (χ2v) is 7.71. The fraction of sp³-hybridized carbons (Fsp3) is 0.182. The van der Waals surface area contributed by atoms with Gasteiger partial charge in [-0.2, -0.15) is 4.68 Å². The smallest absolute Gasteiger partial charge is 0.295 e. The molecule has 0 aliphatic carbocycles. The Balaban J connectivity index is 1.35. The van der Waals surface area contributed by atoms with Crippen molar-refractivity contribution in [1.82, 2.24) is 34.5 Å². The van der Waals surface area contributed by atoms with Crippen molar-refractivity contribution in [2.75, 3.05) is 31.9 Å². The van der Waals surface area contributed by atoms with Gasteiger partial charge in [0.05, 0.1) is 22.7 Å². The first-order valence-corrected chi connectivity index (χ1v) is 10.4. The summed E-state index contributed by atoms with van der Waals surface area (Å²) in [6.45, 7) is 0.964. The number of benzene rings is 1. The number of nitrogens with two attached hydrogens (primary N) is 1. The number of halogens is 1. The molecule has 1 saturated heterocycles. The summed E-state index contributed by atoms with van der Waals surface area (Å²) in [5, 5.41) is 3.88. The molecule has 1 fully saturated rings. The molecule has 3 N–H and O–H groups in total. The molecule has 12 heteroatoms. The van der Waals surface area contributed by atoms with E-state index < -0.39 is 17.5 Å². The maximum Gasteiger partial charge on any atom is 0.295 e. The Morgan fingerprint density at radius 3 is 2.38 bits per heavy atom. The van der Waals surface area contributed by atoms with Crippen LogP contribution in [0.5, 0.6) is 0 Å². The average molecular weight is 462 g/mol. The summed E-state index contributed by atoms with van der Waals surface area (Å²) < 4.78 is 15.9. The van der Waals surface area contributed by atoms with Crippen LogP contribution in [0.1, 0.15) is 20.7 Å². The number of pyridine rings is 1. The molecule has 0 unspecified atom stereocenters. The quantitative estimate of drug-likeness (QED) is 0.341. The van der Waals surface area contributed by atoms with Crippen LogP contribution in [0.2, 0.25) is 0 Å². The molecule has 3 aromatic heterocycles. The number of nitrogens with one attached hydrogen (secondary N) is 1. The Kier molecular flexibility index (Phi) is 5.24. The number of Topliss-reactive ketones (excluding diaryl/α,β-unsaturated/α-hetero) is 1. The van der Waals surface area contributed by atoms with Crippen LogP contribution >= 0.6 is 0 Å². The summed E-state index contributed by atoms with van der Waals surface area (Å²) >= 11 is 0. The summed E-state index contributed by atoms with van der Waals surface area (Å²) in [4.78, 5) is 52.2. The largest absolute Gasteiger partial charge is 0.366 e. The first kappa shape index (κ1) is 21.2. The average Bonchev–Trinajstić information content (AvgIpc) is 3.51. The Morgan fingerprint density at radius 2 is 1.71 bits per heavy atom. The van der Waals surface area contributed by atoms with Gasteiger partial charge < -0.3 is 20.5 Å². The molecule has 11 nitrogen and oxygen atoms in total. The predicted octanol–water partition coefficient (Wildman–Crippen LogP) is 1.03. The van der Waals surface area contributed by atoms with Crippen LogP contribution in [-0.4, -0.2) is 78.3 Å². The van der Waals surface area contributed by atoms with E-state index in [0.29, 0.717) is 5.56 Å². The van der Waals surface area contributed by atoms with Gasteiger partial charge in [-0.15, -0.1) is 5.10 Å². The summed E-state index contributed by atoms with van der Waals surface area (Å²) in [5.74, 6) is -2.34. The number of hydrogen-bond acceptors (Lipinski definition) is 7. The highest BCUT2D eigenvalue weighted by Crippen LogP contribution is 2.26. The van der Waals surface area contributed by atoms with Crippen LogP contribution in [0.15, 0.2) is 49.1 Å². The molecule has 2 amide bonds. The molecule has 4 aromatic rings. The Bertz CT molecular complexity index is 1410. The minimum Gasteiger partial charge on any atom is -0.366 e. The third-order valence-corrected chi connectivity index (χ3v) is 5.68. The van der Waals surface area contributed by atoms with Crippen LogP contribution < -0.4 is 5.73 Å². The van der Waals surface area contributed by atoms with Crippen molar-refractivity contribution in [1.29, 1.82) is 0 Å². The maximum absolute atomic E-state index is 14.7. The topological polar surface area (TPSA) is 143 Å². The number of amides is 2. The van der Waals surface area contributed by atoms with E-state index in [9.17, 15) is 18.8 Å². The zero-order valence-electron chi connectivity index (χ0n) is 17.8. The first-order chi connectivity index (χ1) is 16.4. The SMILES string of the molecule is Nc1ncn(-c2ncc(F)c3c(C(=O)C(=O)N4CCN(C(=O)c5ccccc5)CC4)c[nH]c23)n1. The third-order valence-electron chi connectivity index (χ3n) is 5.68. The van der Waals surface area contributed by atoms with Crippen molar-refractivity contribution in [2.24, 2.45) is 0 Å². The molecule has 5 rings (SSSR count). The summed E-state index contributed by atoms with van der Waals surface area (Å²) in [7, 11) is 0. The number of nitrogen functional groups attached to an aromatic ring is 1. The zero-order chi connectivity index (χ0) is 23.8. The van der Waals surface area contributed by atoms with Gasteiger partial charge in [0.1, 0.15) is 6.33 Å². The number of hydrogen-bond donors (Lipinski definition) is 2. The number of fused-ring (bicyclic) bond motifs is 1. The number of aromatic nitrogens is 5. The highest BCUT2D eigenvalue weighted by atomic mass is 19.1. The number of piperazine rings is 1. The van der Waals surface area contributed by atoms with E-state index in [-0.39, 0.29) is 60.3 Å². The summed E-state index contributed by atoms with van der Waals surface area (Å²) in [5.41, 5.74) is 6.17. The Morgan fingerprint density at radius 1 is 1.00 bits per heavy atom. The molecule has 4 heterocycles. The molecule has 0 radical (unpaired) electrons. The fourth-order valence-corrected chi connectivity index (χ4v) is 3.96. The van der Waals surface area contributed by atoms with E-state index >= 15 is 0 Å². The van der Waals surface area contributed by atoms with Crippen LogP contribution in [-0.2, 0) is 4.79 Å². The standard InChI is InChI=1S/C22H19FN8O3/c23-15-11-26-19(31-12-27-22(24)28-31)17-16(15)14(10-25-17)18(32)21(34)30-8-6-29(7-9-30)20(33)13-4-2-1-3-5-13/h1-5,10-12,25H,6-9H2,(H2,24,28). The zero-order valence-corrected chi connectivity index (χ0v) is 17.8. The summed E-state index contributed by atoms with van der Waals surface area (Å²) in [6.07, 6.45) is 3.52. The van der Waals surface area contributed by atoms with Gasteiger partial charge in [0.2, 0.25) is 5.95 Å². The van der Waals surface area contributed by atoms with Crippen molar-refractivity contribution >= 4 is 34.4 Å². The number of carbonyl (C=O) groups is 3. The number of rotatable bonds is 4. The van der Waals surface area contributed by atoms with Gasteiger partial charge in [-0.25, -0.2) is 14.4 Å². The van der Waals surface area contributed by atoms with Crippen molar-refractivity contribution in [3.8, 4) is 5.82 Å². The second kappa shape index (κ2) is 8.39. The number of carbonyl (C=O) groups excluding carboxylic acids is 3. The Labute approximate surface area is 192 Å². The van der Waals surface area contributed by atoms with Crippen molar-refractivity contribution in [3.63, 3.8) is 0 Å². The molecule has 172 valence electrons. The highest BCUT2D eigenvalue weighted by Gasteiger charge is 2.31. The normalized spacial score (nSPS) is 13.9. The number of H-pyrrole nitrogens is 1. The van der Waals surface area contributed by atoms with Gasteiger partial charge in [-0.05, 0) is 12.1 Å². The van der Waals surface area contributed by atoms with E-state index in [2.05, 4.69) is 20.1 Å². The molecule has 1 aliphatic heterocycles. The van der Waals surface area contributed by atoms with Gasteiger partial charge in [0.25, 0.3) is 17.6 Å². The number of nitrogens with zero attached hydrogens (tertiary/aromatic N) is 6. The van der Waals surface area contributed by atoms with E-state index in [0.717, 1.165) is 6.20 Å². The van der Waals surface area contributed by atoms with E-state index in [4.69, 9.17) is 5.73 Å². The molecule has 0 saturated carbocycles. The fourth-order valence-electron chi connectivity index (χ4n) is 3.96. The van der Waals surface area contributed by atoms with E-state index in [1.165, 1.54) is 22.1 Å². The number of aromatic amines is 1. The number of ketones is 1. The van der Waals surface area contributed by atoms with Gasteiger partial charge in [0.15, 0.2) is 11.6 Å². The van der Waals surface area contributed by atoms with Crippen molar-refractivity contribution in [3.05, 3.63) is 66.0 Å². The predicted molar refractivity (Wildman–Crippen MR) is 119 cm³/mol. The van der Waals surface area contributed by atoms with Gasteiger partial charge >= 0.3 is 0 Å². The summed E-state index contributed by atoms with van der Waals surface area (Å²) in [6, 6.07) is 8.85. The molecule has 1 aromatic carbocycles. The number of anilines is 1. The lowest BCUT2D eigenvalue weighted by molar-refractivity contribution is -0.127. The lowest BCUT2D eigenvalue weighted by Gasteiger charge is -2.34. The molecule has 0 atom stereocenters. The molecule has 34 heavy (non-hydrogen) atoms. The molecule has 0 bridgehead atoms. The van der Waals surface area contributed by atoms with Crippen LogP contribution in [0.4, 0.5) is 10.3 Å². The lowest BCUT2D eigenvalue weighted by Crippen LogP contribution is -2.52. The Hall–Kier alpha value is -4.61. The van der Waals surface area contributed by atoms with E-state index in [1.807, 2.05) is 6.07 Å². The molecular weight excluding hydrogens is 443 g/mol. The molecule has 0 spiro atoms. The first-order valence-electron chi connectivity index (χ1n) is 10.4. The van der Waals surface area contributed by atoms with E-state index in [1.54, 1.807) is 29.2 Å². The van der Waals surface area contributed by atoms with Crippen molar-refractivity contribution < 1.29 is 18.8 Å². The lowest BCUT2D eigenvalue weighted by atomic mass is 10.1. The molecule has 1 aliphatic rings. The van der Waals surface area contributed by atoms with Crippen LogP contribution in [0.25, 0.3) is 16.7 Å². The maximum atomic E-state index is 14.7. The monoisotopic (exact) mass is 462 g/mol. The minimum absolute atomic E-state index is 0.00203. The van der Waals surface area contributed by atoms with Crippen molar-refractivity contribution in [2.45, 2.75) is 0 Å². The minimum atomic E-state index is -0.858. The van der Waals surface area contributed by atoms with Crippen LogP contribution in [0, 0.1) is 5.82 Å². The third kappa shape index (κ3) is 3.64. The molecular formula is C22H19FN8O3. The van der Waals surface area contributed by atoms with Gasteiger partial charge in [-0.3, -0.25) is 14.4 Å².